The molecule has 8 nitrogen and oxygen atoms in total. The lowest BCUT2D eigenvalue weighted by Gasteiger charge is -2.24. The van der Waals surface area contributed by atoms with E-state index in [0.29, 0.717) is 12.1 Å². The SMILES string of the molecule is CCCCC(CNC(=O)c1ccc(C2CC2C(=O)Nc2ccc3cnccc3c2)cc1)NC(=O)OC(C)(C)C. The van der Waals surface area contributed by atoms with Gasteiger partial charge in [0.15, 0.2) is 0 Å². The summed E-state index contributed by atoms with van der Waals surface area (Å²) in [7, 11) is 0. The van der Waals surface area contributed by atoms with Crippen LogP contribution in [0.5, 0.6) is 0 Å². The van der Waals surface area contributed by atoms with Crippen LogP contribution in [0.15, 0.2) is 60.9 Å². The standard InChI is InChI=1S/C31H38N4O4/c1-5-6-7-25(35-30(38)39-31(2,3)4)19-33-28(36)21-10-8-20(9-11-21)26-17-27(26)29(37)34-24-13-12-23-18-32-15-14-22(23)16-24/h8-16,18,25-27H,5-7,17,19H2,1-4H3,(H,33,36)(H,34,37)(H,35,38). The topological polar surface area (TPSA) is 109 Å². The molecular weight excluding hydrogens is 492 g/mol. The Morgan fingerprint density at radius 2 is 1.82 bits per heavy atom. The number of carbonyl (C=O) groups excluding carboxylic acids is 3. The van der Waals surface area contributed by atoms with E-state index in [4.69, 9.17) is 4.74 Å². The van der Waals surface area contributed by atoms with Gasteiger partial charge in [-0.2, -0.15) is 0 Å². The van der Waals surface area contributed by atoms with Crippen LogP contribution >= 0.6 is 0 Å². The van der Waals surface area contributed by atoms with Gasteiger partial charge >= 0.3 is 6.09 Å². The number of aromatic nitrogens is 1. The van der Waals surface area contributed by atoms with Crippen molar-refractivity contribution in [2.24, 2.45) is 5.92 Å². The summed E-state index contributed by atoms with van der Waals surface area (Å²) >= 11 is 0. The van der Waals surface area contributed by atoms with E-state index in [1.165, 1.54) is 0 Å². The number of nitrogens with zero attached hydrogens (tertiary/aromatic N) is 1. The van der Waals surface area contributed by atoms with E-state index in [0.717, 1.165) is 47.7 Å². The van der Waals surface area contributed by atoms with Crippen LogP contribution in [0.25, 0.3) is 10.8 Å². The number of hydrogen-bond acceptors (Lipinski definition) is 5. The number of hydrogen-bond donors (Lipinski definition) is 3. The number of pyridine rings is 1. The number of unbranched alkanes of at least 4 members (excludes halogenated alkanes) is 1. The number of anilines is 1. The summed E-state index contributed by atoms with van der Waals surface area (Å²) in [5.41, 5.74) is 1.77. The first-order valence-corrected chi connectivity index (χ1v) is 13.7. The lowest BCUT2D eigenvalue weighted by Crippen LogP contribution is -2.45. The minimum absolute atomic E-state index is 0.00540. The van der Waals surface area contributed by atoms with Crippen LogP contribution < -0.4 is 16.0 Å². The Morgan fingerprint density at radius 3 is 2.54 bits per heavy atom. The maximum absolute atomic E-state index is 12.8. The minimum Gasteiger partial charge on any atom is -0.444 e. The van der Waals surface area contributed by atoms with E-state index in [2.05, 4.69) is 27.9 Å². The van der Waals surface area contributed by atoms with E-state index in [1.807, 2.05) is 57.2 Å². The molecule has 39 heavy (non-hydrogen) atoms. The molecule has 1 fully saturated rings. The van der Waals surface area contributed by atoms with Crippen molar-refractivity contribution in [3.63, 3.8) is 0 Å². The summed E-state index contributed by atoms with van der Waals surface area (Å²) in [4.78, 5) is 41.9. The molecule has 1 aromatic heterocycles. The summed E-state index contributed by atoms with van der Waals surface area (Å²) in [6.07, 6.45) is 6.50. The van der Waals surface area contributed by atoms with Gasteiger partial charge in [-0.1, -0.05) is 38.0 Å². The fraction of sp³-hybridized carbons (Fsp3) is 0.419. The highest BCUT2D eigenvalue weighted by Crippen LogP contribution is 2.48. The molecule has 0 saturated heterocycles. The predicted molar refractivity (Wildman–Crippen MR) is 153 cm³/mol. The summed E-state index contributed by atoms with van der Waals surface area (Å²) in [6.45, 7) is 7.85. The molecular formula is C31H38N4O4. The molecule has 1 heterocycles. The lowest BCUT2D eigenvalue weighted by molar-refractivity contribution is -0.117. The van der Waals surface area contributed by atoms with E-state index in [-0.39, 0.29) is 29.7 Å². The number of carbonyl (C=O) groups is 3. The van der Waals surface area contributed by atoms with Crippen LogP contribution in [0.2, 0.25) is 0 Å². The molecule has 3 amide bonds. The second-order valence-electron chi connectivity index (χ2n) is 11.2. The molecule has 206 valence electrons. The van der Waals surface area contributed by atoms with Crippen molar-refractivity contribution < 1.29 is 19.1 Å². The van der Waals surface area contributed by atoms with Crippen molar-refractivity contribution >= 4 is 34.4 Å². The number of amides is 3. The smallest absolute Gasteiger partial charge is 0.407 e. The number of benzene rings is 2. The number of ether oxygens (including phenoxy) is 1. The predicted octanol–water partition coefficient (Wildman–Crippen LogP) is 5.79. The van der Waals surface area contributed by atoms with Gasteiger partial charge in [0.25, 0.3) is 5.91 Å². The van der Waals surface area contributed by atoms with Crippen molar-refractivity contribution in [1.82, 2.24) is 15.6 Å². The third-order valence-electron chi connectivity index (χ3n) is 6.77. The zero-order chi connectivity index (χ0) is 28.0. The molecule has 3 N–H and O–H groups in total. The minimum atomic E-state index is -0.583. The number of nitrogens with one attached hydrogen (secondary N) is 3. The highest BCUT2D eigenvalue weighted by atomic mass is 16.6. The Kier molecular flexibility index (Phi) is 8.84. The van der Waals surface area contributed by atoms with E-state index in [1.54, 1.807) is 24.5 Å². The molecule has 3 aromatic rings. The maximum atomic E-state index is 12.8. The second-order valence-corrected chi connectivity index (χ2v) is 11.2. The first kappa shape index (κ1) is 28.1. The van der Waals surface area contributed by atoms with Gasteiger partial charge in [-0.15, -0.1) is 0 Å². The van der Waals surface area contributed by atoms with Crippen LogP contribution in [0.4, 0.5) is 10.5 Å². The maximum Gasteiger partial charge on any atom is 0.407 e. The number of fused-ring (bicyclic) bond motifs is 1. The molecule has 3 atom stereocenters. The molecule has 0 spiro atoms. The van der Waals surface area contributed by atoms with Gasteiger partial charge in [-0.05, 0) is 80.8 Å². The van der Waals surface area contributed by atoms with Gasteiger partial charge in [-0.25, -0.2) is 4.79 Å². The summed E-state index contributed by atoms with van der Waals surface area (Å²) in [5, 5.41) is 10.9. The average molecular weight is 531 g/mol. The van der Waals surface area contributed by atoms with Crippen molar-refractivity contribution in [1.29, 1.82) is 0 Å². The fourth-order valence-electron chi connectivity index (χ4n) is 4.60. The normalized spacial score (nSPS) is 17.2. The average Bonchev–Trinajstić information content (AvgIpc) is 3.70. The first-order chi connectivity index (χ1) is 18.6. The zero-order valence-corrected chi connectivity index (χ0v) is 23.1. The monoisotopic (exact) mass is 530 g/mol. The Hall–Kier alpha value is -3.94. The fourth-order valence-corrected chi connectivity index (χ4v) is 4.60. The third kappa shape index (κ3) is 8.02. The van der Waals surface area contributed by atoms with Crippen LogP contribution in [-0.2, 0) is 9.53 Å². The second kappa shape index (κ2) is 12.3. The highest BCUT2D eigenvalue weighted by Gasteiger charge is 2.44. The van der Waals surface area contributed by atoms with E-state index >= 15 is 0 Å². The van der Waals surface area contributed by atoms with E-state index < -0.39 is 11.7 Å². The van der Waals surface area contributed by atoms with E-state index in [9.17, 15) is 14.4 Å². The van der Waals surface area contributed by atoms with Crippen LogP contribution in [0.1, 0.15) is 75.2 Å². The van der Waals surface area contributed by atoms with Crippen molar-refractivity contribution in [3.05, 3.63) is 72.1 Å². The van der Waals surface area contributed by atoms with Gasteiger partial charge in [0.1, 0.15) is 5.60 Å². The lowest BCUT2D eigenvalue weighted by atomic mass is 10.1. The van der Waals surface area contributed by atoms with Crippen molar-refractivity contribution in [2.45, 2.75) is 70.9 Å². The molecule has 1 aliphatic rings. The summed E-state index contributed by atoms with van der Waals surface area (Å²) < 4.78 is 5.36. The molecule has 0 aliphatic heterocycles. The zero-order valence-electron chi connectivity index (χ0n) is 23.1. The van der Waals surface area contributed by atoms with Gasteiger partial charge < -0.3 is 20.7 Å². The highest BCUT2D eigenvalue weighted by molar-refractivity contribution is 5.97. The quantitative estimate of drug-likeness (QED) is 0.307. The molecule has 0 radical (unpaired) electrons. The van der Waals surface area contributed by atoms with Crippen LogP contribution in [-0.4, -0.2) is 41.1 Å². The largest absolute Gasteiger partial charge is 0.444 e. The van der Waals surface area contributed by atoms with Crippen molar-refractivity contribution in [2.75, 3.05) is 11.9 Å². The summed E-state index contributed by atoms with van der Waals surface area (Å²) in [5.74, 6) is -0.143. The van der Waals surface area contributed by atoms with Gasteiger partial charge in [0, 0.05) is 47.5 Å². The first-order valence-electron chi connectivity index (χ1n) is 13.7. The third-order valence-corrected chi connectivity index (χ3v) is 6.77. The van der Waals surface area contributed by atoms with Gasteiger partial charge in [-0.3, -0.25) is 14.6 Å². The van der Waals surface area contributed by atoms with Crippen LogP contribution in [0, 0.1) is 5.92 Å². The Balaban J connectivity index is 1.28. The number of alkyl carbamates (subject to hydrolysis) is 1. The molecule has 2 aromatic carbocycles. The molecule has 1 aliphatic carbocycles. The number of rotatable bonds is 10. The van der Waals surface area contributed by atoms with Gasteiger partial charge in [0.2, 0.25) is 5.91 Å². The molecule has 4 rings (SSSR count). The molecule has 3 unspecified atom stereocenters. The Labute approximate surface area is 229 Å². The Bertz CT molecular complexity index is 1320. The van der Waals surface area contributed by atoms with Crippen molar-refractivity contribution in [3.8, 4) is 0 Å². The Morgan fingerprint density at radius 1 is 1.05 bits per heavy atom. The van der Waals surface area contributed by atoms with Crippen LogP contribution in [0.3, 0.4) is 0 Å². The molecule has 8 heteroatoms. The molecule has 0 bridgehead atoms. The molecule has 1 saturated carbocycles. The summed E-state index contributed by atoms with van der Waals surface area (Å²) in [6, 6.07) is 14.9. The van der Waals surface area contributed by atoms with Gasteiger partial charge in [0.05, 0.1) is 0 Å².